The fraction of sp³-hybridized carbons (Fsp3) is 0.636. The van der Waals surface area contributed by atoms with Gasteiger partial charge in [0, 0.05) is 39.8 Å². The fourth-order valence-corrected chi connectivity index (χ4v) is 5.65. The maximum Gasteiger partial charge on any atom is 0.317 e. The Hall–Kier alpha value is -2.19. The van der Waals surface area contributed by atoms with Crippen molar-refractivity contribution in [2.24, 2.45) is 11.8 Å². The van der Waals surface area contributed by atoms with Crippen LogP contribution >= 0.6 is 0 Å². The van der Waals surface area contributed by atoms with E-state index in [9.17, 15) is 13.2 Å². The van der Waals surface area contributed by atoms with E-state index in [1.807, 2.05) is 11.0 Å². The van der Waals surface area contributed by atoms with Gasteiger partial charge in [-0.15, -0.1) is 0 Å². The van der Waals surface area contributed by atoms with Gasteiger partial charge in [-0.2, -0.15) is 5.26 Å². The van der Waals surface area contributed by atoms with Gasteiger partial charge in [-0.05, 0) is 49.1 Å². The third-order valence-electron chi connectivity index (χ3n) is 6.03. The molecular weight excluding hydrogens is 432 g/mol. The standard InChI is InChI=1S/C22H32N4O5S/c1-30-10-11-31-9-7-24-22(27)26-16-19-14-25(15-20(19)17-26)8-2-12-32(28,29)21-5-3-18(13-23)4-6-21/h3-6,19-20H,2,7-12,14-17H2,1H3,(H,24,27). The van der Waals surface area contributed by atoms with Crippen LogP contribution in [0.4, 0.5) is 4.79 Å². The molecule has 2 fully saturated rings. The number of carbonyl (C=O) groups excluding carboxylic acids is 1. The number of nitrogens with one attached hydrogen (secondary N) is 1. The van der Waals surface area contributed by atoms with E-state index in [-0.39, 0.29) is 16.7 Å². The summed E-state index contributed by atoms with van der Waals surface area (Å²) in [6.07, 6.45) is 0.565. The van der Waals surface area contributed by atoms with Crippen molar-refractivity contribution in [3.05, 3.63) is 29.8 Å². The van der Waals surface area contributed by atoms with E-state index in [0.717, 1.165) is 32.7 Å². The van der Waals surface area contributed by atoms with E-state index in [1.165, 1.54) is 24.3 Å². The maximum atomic E-state index is 12.5. The summed E-state index contributed by atoms with van der Waals surface area (Å²) in [6.45, 7) is 6.00. The van der Waals surface area contributed by atoms with E-state index in [0.29, 0.717) is 50.2 Å². The molecule has 2 saturated heterocycles. The average molecular weight is 465 g/mol. The van der Waals surface area contributed by atoms with Crippen LogP contribution in [-0.2, 0) is 19.3 Å². The van der Waals surface area contributed by atoms with Gasteiger partial charge in [-0.3, -0.25) is 0 Å². The molecule has 9 nitrogen and oxygen atoms in total. The van der Waals surface area contributed by atoms with Crippen molar-refractivity contribution in [2.45, 2.75) is 11.3 Å². The molecule has 176 valence electrons. The number of rotatable bonds is 11. The van der Waals surface area contributed by atoms with Crippen LogP contribution in [0.1, 0.15) is 12.0 Å². The zero-order valence-electron chi connectivity index (χ0n) is 18.5. The molecule has 1 N–H and O–H groups in total. The SMILES string of the molecule is COCCOCCNC(=O)N1CC2CN(CCCS(=O)(=O)c3ccc(C#N)cc3)CC2C1. The molecule has 2 heterocycles. The molecule has 3 rings (SSSR count). The Morgan fingerprint density at radius 2 is 1.81 bits per heavy atom. The van der Waals surface area contributed by atoms with Crippen LogP contribution in [-0.4, -0.2) is 96.2 Å². The monoisotopic (exact) mass is 464 g/mol. The lowest BCUT2D eigenvalue weighted by Gasteiger charge is -2.22. The number of hydrogen-bond donors (Lipinski definition) is 1. The minimum Gasteiger partial charge on any atom is -0.382 e. The highest BCUT2D eigenvalue weighted by Gasteiger charge is 2.41. The van der Waals surface area contributed by atoms with Crippen LogP contribution in [0.3, 0.4) is 0 Å². The number of amides is 2. The van der Waals surface area contributed by atoms with Gasteiger partial charge in [0.2, 0.25) is 0 Å². The number of likely N-dealkylation sites (tertiary alicyclic amines) is 2. The lowest BCUT2D eigenvalue weighted by molar-refractivity contribution is 0.0721. The van der Waals surface area contributed by atoms with Crippen molar-refractivity contribution in [1.82, 2.24) is 15.1 Å². The lowest BCUT2D eigenvalue weighted by atomic mass is 10.0. The number of fused-ring (bicyclic) bond motifs is 1. The Kier molecular flexibility index (Phi) is 8.87. The number of urea groups is 1. The number of ether oxygens (including phenoxy) is 2. The van der Waals surface area contributed by atoms with Crippen LogP contribution < -0.4 is 5.32 Å². The van der Waals surface area contributed by atoms with Crippen molar-refractivity contribution in [2.75, 3.05) is 72.0 Å². The summed E-state index contributed by atoms with van der Waals surface area (Å²) >= 11 is 0. The number of methoxy groups -OCH3 is 1. The average Bonchev–Trinajstić information content (AvgIpc) is 3.35. The third kappa shape index (κ3) is 6.65. The molecule has 1 aromatic carbocycles. The highest BCUT2D eigenvalue weighted by molar-refractivity contribution is 7.91. The second-order valence-corrected chi connectivity index (χ2v) is 10.4. The summed E-state index contributed by atoms with van der Waals surface area (Å²) in [5.74, 6) is 0.966. The van der Waals surface area contributed by atoms with Gasteiger partial charge in [-0.25, -0.2) is 13.2 Å². The Morgan fingerprint density at radius 1 is 1.12 bits per heavy atom. The number of carbonyl (C=O) groups is 1. The van der Waals surface area contributed by atoms with Crippen LogP contribution in [0, 0.1) is 23.2 Å². The highest BCUT2D eigenvalue weighted by atomic mass is 32.2. The number of nitriles is 1. The molecule has 32 heavy (non-hydrogen) atoms. The Bertz CT molecular complexity index is 886. The minimum atomic E-state index is -3.35. The van der Waals surface area contributed by atoms with Gasteiger partial charge in [0.05, 0.1) is 42.1 Å². The van der Waals surface area contributed by atoms with Gasteiger partial charge < -0.3 is 24.6 Å². The molecule has 2 aliphatic heterocycles. The largest absolute Gasteiger partial charge is 0.382 e. The minimum absolute atomic E-state index is 0.0465. The quantitative estimate of drug-likeness (QED) is 0.486. The van der Waals surface area contributed by atoms with Crippen LogP contribution in [0.15, 0.2) is 29.2 Å². The van der Waals surface area contributed by atoms with E-state index in [2.05, 4.69) is 10.2 Å². The van der Waals surface area contributed by atoms with Crippen molar-refractivity contribution in [3.63, 3.8) is 0 Å². The molecule has 2 atom stereocenters. The van der Waals surface area contributed by atoms with E-state index < -0.39 is 9.84 Å². The zero-order chi connectivity index (χ0) is 23.0. The van der Waals surface area contributed by atoms with Crippen LogP contribution in [0.5, 0.6) is 0 Å². The van der Waals surface area contributed by atoms with Crippen LogP contribution in [0.2, 0.25) is 0 Å². The predicted octanol–water partition coefficient (Wildman–Crippen LogP) is 0.958. The Morgan fingerprint density at radius 3 is 2.44 bits per heavy atom. The molecule has 1 aromatic rings. The first-order valence-corrected chi connectivity index (χ1v) is 12.6. The summed E-state index contributed by atoms with van der Waals surface area (Å²) in [7, 11) is -1.73. The molecule has 10 heteroatoms. The summed E-state index contributed by atoms with van der Waals surface area (Å²) in [6, 6.07) is 8.01. The van der Waals surface area contributed by atoms with E-state index in [1.54, 1.807) is 7.11 Å². The van der Waals surface area contributed by atoms with E-state index >= 15 is 0 Å². The zero-order valence-corrected chi connectivity index (χ0v) is 19.3. The summed E-state index contributed by atoms with van der Waals surface area (Å²) in [5, 5.41) is 11.7. The van der Waals surface area contributed by atoms with E-state index in [4.69, 9.17) is 14.7 Å². The molecule has 0 aromatic heterocycles. The normalized spacial score (nSPS) is 20.8. The van der Waals surface area contributed by atoms with Gasteiger partial charge in [0.1, 0.15) is 0 Å². The van der Waals surface area contributed by atoms with Crippen molar-refractivity contribution in [3.8, 4) is 6.07 Å². The van der Waals surface area contributed by atoms with Crippen molar-refractivity contribution < 1.29 is 22.7 Å². The molecular formula is C22H32N4O5S. The fourth-order valence-electron chi connectivity index (χ4n) is 4.36. The lowest BCUT2D eigenvalue weighted by Crippen LogP contribution is -2.41. The van der Waals surface area contributed by atoms with Crippen LogP contribution in [0.25, 0.3) is 0 Å². The summed E-state index contributed by atoms with van der Waals surface area (Å²) in [5.41, 5.74) is 0.450. The maximum absolute atomic E-state index is 12.5. The molecule has 2 aliphatic rings. The summed E-state index contributed by atoms with van der Waals surface area (Å²) in [4.78, 5) is 16.8. The first-order valence-electron chi connectivity index (χ1n) is 11.0. The van der Waals surface area contributed by atoms with Crippen molar-refractivity contribution >= 4 is 15.9 Å². The highest BCUT2D eigenvalue weighted by Crippen LogP contribution is 2.31. The van der Waals surface area contributed by atoms with Gasteiger partial charge >= 0.3 is 6.03 Å². The molecule has 0 spiro atoms. The molecule has 2 amide bonds. The molecule has 0 bridgehead atoms. The number of nitrogens with zero attached hydrogens (tertiary/aromatic N) is 3. The molecule has 2 unspecified atom stereocenters. The first-order chi connectivity index (χ1) is 15.4. The molecule has 0 aliphatic carbocycles. The number of sulfone groups is 1. The van der Waals surface area contributed by atoms with Gasteiger partial charge in [0.15, 0.2) is 9.84 Å². The second-order valence-electron chi connectivity index (χ2n) is 8.33. The third-order valence-corrected chi connectivity index (χ3v) is 7.85. The van der Waals surface area contributed by atoms with Gasteiger partial charge in [-0.1, -0.05) is 0 Å². The Labute approximate surface area is 190 Å². The smallest absolute Gasteiger partial charge is 0.317 e. The number of hydrogen-bond acceptors (Lipinski definition) is 7. The van der Waals surface area contributed by atoms with Gasteiger partial charge in [0.25, 0.3) is 0 Å². The predicted molar refractivity (Wildman–Crippen MR) is 119 cm³/mol. The topological polar surface area (TPSA) is 112 Å². The first kappa shape index (κ1) is 24.5. The Balaban J connectivity index is 1.34. The molecule has 0 saturated carbocycles. The number of benzene rings is 1. The summed E-state index contributed by atoms with van der Waals surface area (Å²) < 4.78 is 35.3. The second kappa shape index (κ2) is 11.6. The van der Waals surface area contributed by atoms with Crippen molar-refractivity contribution in [1.29, 1.82) is 5.26 Å². The molecule has 0 radical (unpaired) electrons.